The molecule has 7 heteroatoms. The summed E-state index contributed by atoms with van der Waals surface area (Å²) >= 11 is 5.83. The lowest BCUT2D eigenvalue weighted by molar-refractivity contribution is -0.134. The van der Waals surface area contributed by atoms with Gasteiger partial charge in [0.25, 0.3) is 5.91 Å². The molecule has 2 N–H and O–H groups in total. The monoisotopic (exact) mass is 424 g/mol. The van der Waals surface area contributed by atoms with Crippen LogP contribution in [0.1, 0.15) is 42.1 Å². The predicted molar refractivity (Wildman–Crippen MR) is 117 cm³/mol. The zero-order valence-corrected chi connectivity index (χ0v) is 17.1. The number of hydrogen-bond donors (Lipinski definition) is 2. The lowest BCUT2D eigenvalue weighted by Gasteiger charge is -2.09. The lowest BCUT2D eigenvalue weighted by atomic mass is 10.0. The predicted octanol–water partition coefficient (Wildman–Crippen LogP) is 5.06. The van der Waals surface area contributed by atoms with Gasteiger partial charge in [0.15, 0.2) is 0 Å². The van der Waals surface area contributed by atoms with Gasteiger partial charge in [-0.05, 0) is 42.1 Å². The van der Waals surface area contributed by atoms with Crippen LogP contribution >= 0.6 is 11.6 Å². The maximum Gasteiger partial charge on any atom is 0.311 e. The SMILES string of the molecule is CCCCC(=O)Oc1ccc(C=NNC(=O)c2ccc(O)c(Cl)c2)c2ccccc12. The summed E-state index contributed by atoms with van der Waals surface area (Å²) in [6.45, 7) is 2.02. The highest BCUT2D eigenvalue weighted by Crippen LogP contribution is 2.28. The number of fused-ring (bicyclic) bond motifs is 1. The van der Waals surface area contributed by atoms with Gasteiger partial charge in [0.1, 0.15) is 11.5 Å². The van der Waals surface area contributed by atoms with Crippen LogP contribution in [0, 0.1) is 0 Å². The molecule has 0 radical (unpaired) electrons. The van der Waals surface area contributed by atoms with Crippen molar-refractivity contribution in [1.82, 2.24) is 5.43 Å². The summed E-state index contributed by atoms with van der Waals surface area (Å²) in [5.41, 5.74) is 3.46. The lowest BCUT2D eigenvalue weighted by Crippen LogP contribution is -2.17. The summed E-state index contributed by atoms with van der Waals surface area (Å²) in [5, 5.41) is 15.2. The number of benzene rings is 3. The molecule has 0 atom stereocenters. The number of halogens is 1. The summed E-state index contributed by atoms with van der Waals surface area (Å²) in [6.07, 6.45) is 3.60. The van der Waals surface area contributed by atoms with E-state index in [-0.39, 0.29) is 22.3 Å². The average Bonchev–Trinajstić information content (AvgIpc) is 2.75. The second-order valence-corrected chi connectivity index (χ2v) is 7.05. The number of ether oxygens (including phenoxy) is 1. The van der Waals surface area contributed by atoms with Crippen molar-refractivity contribution in [3.8, 4) is 11.5 Å². The number of aromatic hydroxyl groups is 1. The number of carbonyl (C=O) groups is 2. The first-order valence-corrected chi connectivity index (χ1v) is 9.91. The van der Waals surface area contributed by atoms with E-state index in [4.69, 9.17) is 16.3 Å². The fraction of sp³-hybridized carbons (Fsp3) is 0.174. The molecule has 154 valence electrons. The number of esters is 1. The maximum atomic E-state index is 12.2. The van der Waals surface area contributed by atoms with Crippen LogP contribution in [0.3, 0.4) is 0 Å². The molecule has 0 aliphatic heterocycles. The molecule has 0 unspecified atom stereocenters. The van der Waals surface area contributed by atoms with Gasteiger partial charge in [-0.25, -0.2) is 5.43 Å². The minimum Gasteiger partial charge on any atom is -0.506 e. The maximum absolute atomic E-state index is 12.2. The zero-order valence-electron chi connectivity index (χ0n) is 16.4. The van der Waals surface area contributed by atoms with Crippen molar-refractivity contribution in [2.45, 2.75) is 26.2 Å². The second kappa shape index (κ2) is 9.89. The van der Waals surface area contributed by atoms with E-state index in [2.05, 4.69) is 10.5 Å². The van der Waals surface area contributed by atoms with Gasteiger partial charge in [0.2, 0.25) is 0 Å². The summed E-state index contributed by atoms with van der Waals surface area (Å²) in [4.78, 5) is 24.2. The molecule has 3 aromatic carbocycles. The topological polar surface area (TPSA) is 88.0 Å². The van der Waals surface area contributed by atoms with E-state index in [1.54, 1.807) is 12.1 Å². The highest BCUT2D eigenvalue weighted by atomic mass is 35.5. The fourth-order valence-corrected chi connectivity index (χ4v) is 3.04. The summed E-state index contributed by atoms with van der Waals surface area (Å²) in [5.74, 6) is -0.326. The van der Waals surface area contributed by atoms with Gasteiger partial charge in [0, 0.05) is 22.9 Å². The first-order valence-electron chi connectivity index (χ1n) is 9.54. The van der Waals surface area contributed by atoms with E-state index >= 15 is 0 Å². The number of unbranched alkanes of at least 4 members (excludes halogenated alkanes) is 1. The number of phenols is 1. The molecule has 0 saturated carbocycles. The van der Waals surface area contributed by atoms with Gasteiger partial charge in [-0.2, -0.15) is 5.10 Å². The Hall–Kier alpha value is -3.38. The van der Waals surface area contributed by atoms with Crippen molar-refractivity contribution in [1.29, 1.82) is 0 Å². The molecule has 0 aromatic heterocycles. The van der Waals surface area contributed by atoms with Crippen molar-refractivity contribution in [2.75, 3.05) is 0 Å². The van der Waals surface area contributed by atoms with Gasteiger partial charge in [-0.1, -0.05) is 49.2 Å². The van der Waals surface area contributed by atoms with E-state index in [0.29, 0.717) is 12.2 Å². The average molecular weight is 425 g/mol. The number of hydrogen-bond acceptors (Lipinski definition) is 5. The quantitative estimate of drug-likeness (QED) is 0.240. The molecule has 3 aromatic rings. The summed E-state index contributed by atoms with van der Waals surface area (Å²) in [7, 11) is 0. The van der Waals surface area contributed by atoms with Crippen LogP contribution < -0.4 is 10.2 Å². The Bertz CT molecular complexity index is 1110. The second-order valence-electron chi connectivity index (χ2n) is 6.64. The normalized spacial score (nSPS) is 11.0. The number of hydrazone groups is 1. The Morgan fingerprint density at radius 3 is 2.63 bits per heavy atom. The van der Waals surface area contributed by atoms with E-state index < -0.39 is 5.91 Å². The number of amides is 1. The van der Waals surface area contributed by atoms with E-state index in [1.807, 2.05) is 31.2 Å². The summed E-state index contributed by atoms with van der Waals surface area (Å²) in [6, 6.07) is 15.1. The Morgan fingerprint density at radius 2 is 1.90 bits per heavy atom. The molecule has 30 heavy (non-hydrogen) atoms. The highest BCUT2D eigenvalue weighted by Gasteiger charge is 2.11. The smallest absolute Gasteiger partial charge is 0.311 e. The van der Waals surface area contributed by atoms with Crippen molar-refractivity contribution >= 4 is 40.5 Å². The standard InChI is InChI=1S/C23H21ClN2O4/c1-2-3-8-22(28)30-21-12-10-16(17-6-4-5-7-18(17)21)14-25-26-23(29)15-9-11-20(27)19(24)13-15/h4-7,9-14,27H,2-3,8H2,1H3,(H,26,29). The van der Waals surface area contributed by atoms with E-state index in [9.17, 15) is 14.7 Å². The van der Waals surface area contributed by atoms with Crippen LogP contribution in [0.5, 0.6) is 11.5 Å². The molecule has 3 rings (SSSR count). The molecular weight excluding hydrogens is 404 g/mol. The Labute approximate surface area is 179 Å². The van der Waals surface area contributed by atoms with Crippen molar-refractivity contribution < 1.29 is 19.4 Å². The molecular formula is C23H21ClN2O4. The van der Waals surface area contributed by atoms with Crippen LogP contribution in [-0.4, -0.2) is 23.2 Å². The minimum atomic E-state index is -0.459. The third-order valence-electron chi connectivity index (χ3n) is 4.46. The minimum absolute atomic E-state index is 0.0849. The van der Waals surface area contributed by atoms with Gasteiger partial charge in [-0.15, -0.1) is 0 Å². The zero-order chi connectivity index (χ0) is 21.5. The first kappa shape index (κ1) is 21.3. The van der Waals surface area contributed by atoms with Gasteiger partial charge >= 0.3 is 5.97 Å². The molecule has 0 fully saturated rings. The molecule has 0 bridgehead atoms. The van der Waals surface area contributed by atoms with Crippen LogP contribution in [0.4, 0.5) is 0 Å². The van der Waals surface area contributed by atoms with Crippen LogP contribution in [0.25, 0.3) is 10.8 Å². The third kappa shape index (κ3) is 5.15. The number of nitrogens with zero attached hydrogens (tertiary/aromatic N) is 1. The number of nitrogens with one attached hydrogen (secondary N) is 1. The number of rotatable bonds is 7. The Kier molecular flexibility index (Phi) is 7.03. The molecule has 0 aliphatic carbocycles. The van der Waals surface area contributed by atoms with Crippen molar-refractivity contribution in [2.24, 2.45) is 5.10 Å². The van der Waals surface area contributed by atoms with Gasteiger partial charge in [0.05, 0.1) is 11.2 Å². The number of phenolic OH excluding ortho intramolecular Hbond substituents is 1. The number of carbonyl (C=O) groups excluding carboxylic acids is 2. The van der Waals surface area contributed by atoms with Gasteiger partial charge in [-0.3, -0.25) is 9.59 Å². The van der Waals surface area contributed by atoms with Crippen LogP contribution in [0.2, 0.25) is 5.02 Å². The van der Waals surface area contributed by atoms with E-state index in [0.717, 1.165) is 29.2 Å². The molecule has 0 heterocycles. The molecule has 1 amide bonds. The fourth-order valence-electron chi connectivity index (χ4n) is 2.86. The molecule has 0 saturated heterocycles. The highest BCUT2D eigenvalue weighted by molar-refractivity contribution is 6.32. The van der Waals surface area contributed by atoms with Crippen LogP contribution in [0.15, 0.2) is 59.7 Å². The third-order valence-corrected chi connectivity index (χ3v) is 4.76. The van der Waals surface area contributed by atoms with Crippen LogP contribution in [-0.2, 0) is 4.79 Å². The first-order chi connectivity index (χ1) is 14.5. The Balaban J connectivity index is 1.77. The molecule has 6 nitrogen and oxygen atoms in total. The Morgan fingerprint density at radius 1 is 1.13 bits per heavy atom. The van der Waals surface area contributed by atoms with Crippen molar-refractivity contribution in [3.05, 3.63) is 70.7 Å². The van der Waals surface area contributed by atoms with Gasteiger partial charge < -0.3 is 9.84 Å². The molecule has 0 spiro atoms. The van der Waals surface area contributed by atoms with E-state index in [1.165, 1.54) is 24.4 Å². The largest absolute Gasteiger partial charge is 0.506 e. The van der Waals surface area contributed by atoms with Crippen molar-refractivity contribution in [3.63, 3.8) is 0 Å². The molecule has 0 aliphatic rings. The summed E-state index contributed by atoms with van der Waals surface area (Å²) < 4.78 is 5.52.